The summed E-state index contributed by atoms with van der Waals surface area (Å²) in [5.74, 6) is -2.10. The number of aryl methyl sites for hydroxylation is 1. The second kappa shape index (κ2) is 12.7. The van der Waals surface area contributed by atoms with Gasteiger partial charge in [-0.1, -0.05) is 51.4 Å². The third-order valence-corrected chi connectivity index (χ3v) is 6.48. The van der Waals surface area contributed by atoms with E-state index < -0.39 is 5.92 Å². The number of halogens is 3. The molecule has 1 atom stereocenters. The van der Waals surface area contributed by atoms with E-state index in [4.69, 9.17) is 11.6 Å². The first-order valence-corrected chi connectivity index (χ1v) is 12.9. The largest absolute Gasteiger partial charge is 0.344 e. The third kappa shape index (κ3) is 8.05. The van der Waals surface area contributed by atoms with Crippen LogP contribution in [-0.4, -0.2) is 4.98 Å². The maximum atomic E-state index is 14.0. The van der Waals surface area contributed by atoms with Gasteiger partial charge in [-0.05, 0) is 72.0 Å². The second-order valence-corrected chi connectivity index (χ2v) is 9.62. The molecule has 0 bridgehead atoms. The van der Waals surface area contributed by atoms with Crippen LogP contribution in [-0.2, 0) is 18.9 Å². The van der Waals surface area contributed by atoms with E-state index in [0.29, 0.717) is 23.8 Å². The van der Waals surface area contributed by atoms with Gasteiger partial charge in [-0.2, -0.15) is 0 Å². The Morgan fingerprint density at radius 3 is 2.38 bits per heavy atom. The van der Waals surface area contributed by atoms with Gasteiger partial charge in [-0.3, -0.25) is 4.98 Å². The van der Waals surface area contributed by atoms with Crippen LogP contribution >= 0.6 is 11.6 Å². The standard InChI is InChI=1S/C30H35ClF2N4/c1-6-21(3)14-17-37(20-23-12-15-34-16-13-23)26-10-8-25(9-11-26)35-22(4)36-29-19-27(30(5,32)33)28(31)18-24(29)7-2/h8-19,21,35-36H,4,6-7,20H2,1-3,5H3/b17-14-. The van der Waals surface area contributed by atoms with Gasteiger partial charge in [0.15, 0.2) is 0 Å². The van der Waals surface area contributed by atoms with Crippen LogP contribution in [0.4, 0.5) is 25.8 Å². The number of anilines is 3. The molecule has 0 aliphatic rings. The topological polar surface area (TPSA) is 40.2 Å². The van der Waals surface area contributed by atoms with E-state index >= 15 is 0 Å². The highest BCUT2D eigenvalue weighted by Gasteiger charge is 2.28. The van der Waals surface area contributed by atoms with Crippen LogP contribution in [0.15, 0.2) is 85.6 Å². The number of alkyl halides is 2. The van der Waals surface area contributed by atoms with Crippen molar-refractivity contribution < 1.29 is 8.78 Å². The lowest BCUT2D eigenvalue weighted by molar-refractivity contribution is 0.0176. The van der Waals surface area contributed by atoms with Crippen LogP contribution in [0.3, 0.4) is 0 Å². The molecule has 1 aromatic heterocycles. The van der Waals surface area contributed by atoms with E-state index in [2.05, 4.69) is 53.2 Å². The van der Waals surface area contributed by atoms with Gasteiger partial charge in [-0.15, -0.1) is 0 Å². The van der Waals surface area contributed by atoms with Crippen molar-refractivity contribution >= 4 is 28.7 Å². The molecule has 0 fully saturated rings. The van der Waals surface area contributed by atoms with Crippen LogP contribution in [0.5, 0.6) is 0 Å². The molecule has 1 heterocycles. The number of benzene rings is 2. The minimum atomic E-state index is -3.05. The summed E-state index contributed by atoms with van der Waals surface area (Å²) in [7, 11) is 0. The van der Waals surface area contributed by atoms with Crippen molar-refractivity contribution in [1.82, 2.24) is 4.98 Å². The zero-order valence-corrected chi connectivity index (χ0v) is 22.6. The van der Waals surface area contributed by atoms with Crippen molar-refractivity contribution in [2.45, 2.75) is 53.0 Å². The summed E-state index contributed by atoms with van der Waals surface area (Å²) in [6.45, 7) is 11.9. The van der Waals surface area contributed by atoms with Crippen LogP contribution in [0.25, 0.3) is 0 Å². The third-order valence-electron chi connectivity index (χ3n) is 6.17. The molecule has 0 amide bonds. The molecule has 3 rings (SSSR count). The van der Waals surface area contributed by atoms with Gasteiger partial charge >= 0.3 is 0 Å². The van der Waals surface area contributed by atoms with Crippen molar-refractivity contribution in [2.75, 3.05) is 15.5 Å². The average Bonchev–Trinajstić information content (AvgIpc) is 2.87. The molecule has 37 heavy (non-hydrogen) atoms. The molecule has 2 aromatic carbocycles. The molecular weight excluding hydrogens is 490 g/mol. The number of allylic oxidation sites excluding steroid dienone is 1. The monoisotopic (exact) mass is 524 g/mol. The molecule has 0 aliphatic heterocycles. The Morgan fingerprint density at radius 1 is 1.11 bits per heavy atom. The summed E-state index contributed by atoms with van der Waals surface area (Å²) >= 11 is 6.11. The van der Waals surface area contributed by atoms with Crippen molar-refractivity contribution in [3.05, 3.63) is 107 Å². The highest BCUT2D eigenvalue weighted by molar-refractivity contribution is 6.31. The lowest BCUT2D eigenvalue weighted by atomic mass is 10.0. The summed E-state index contributed by atoms with van der Waals surface area (Å²) in [4.78, 5) is 6.31. The number of nitrogens with one attached hydrogen (secondary N) is 2. The molecule has 3 aromatic rings. The van der Waals surface area contributed by atoms with E-state index in [-0.39, 0.29) is 10.6 Å². The smallest absolute Gasteiger partial charge is 0.272 e. The van der Waals surface area contributed by atoms with Gasteiger partial charge in [0, 0.05) is 54.7 Å². The van der Waals surface area contributed by atoms with Crippen LogP contribution in [0.2, 0.25) is 5.02 Å². The zero-order valence-electron chi connectivity index (χ0n) is 21.9. The van der Waals surface area contributed by atoms with Crippen LogP contribution in [0.1, 0.15) is 50.8 Å². The number of hydrogen-bond acceptors (Lipinski definition) is 4. The van der Waals surface area contributed by atoms with E-state index in [9.17, 15) is 8.78 Å². The fraction of sp³-hybridized carbons (Fsp3) is 0.300. The second-order valence-electron chi connectivity index (χ2n) is 9.22. The number of nitrogens with zero attached hydrogens (tertiary/aromatic N) is 2. The normalized spacial score (nSPS) is 12.4. The minimum Gasteiger partial charge on any atom is -0.344 e. The average molecular weight is 525 g/mol. The molecule has 0 saturated heterocycles. The molecule has 4 nitrogen and oxygen atoms in total. The first-order chi connectivity index (χ1) is 17.6. The number of pyridine rings is 1. The number of hydrogen-bond donors (Lipinski definition) is 2. The minimum absolute atomic E-state index is 0.0581. The van der Waals surface area contributed by atoms with Gasteiger partial charge in [0.1, 0.15) is 5.82 Å². The highest BCUT2D eigenvalue weighted by atomic mass is 35.5. The lowest BCUT2D eigenvalue weighted by Crippen LogP contribution is -2.16. The fourth-order valence-electron chi connectivity index (χ4n) is 3.77. The Kier molecular flexibility index (Phi) is 9.70. The predicted octanol–water partition coefficient (Wildman–Crippen LogP) is 8.97. The van der Waals surface area contributed by atoms with E-state index in [1.54, 1.807) is 18.5 Å². The Balaban J connectivity index is 1.75. The maximum absolute atomic E-state index is 14.0. The maximum Gasteiger partial charge on any atom is 0.272 e. The summed E-state index contributed by atoms with van der Waals surface area (Å²) in [6.07, 6.45) is 9.65. The van der Waals surface area contributed by atoms with E-state index in [1.165, 1.54) is 6.07 Å². The molecule has 0 saturated carbocycles. The summed E-state index contributed by atoms with van der Waals surface area (Å²) < 4.78 is 28.0. The molecule has 0 aliphatic carbocycles. The summed E-state index contributed by atoms with van der Waals surface area (Å²) in [5, 5.41) is 6.41. The summed E-state index contributed by atoms with van der Waals surface area (Å²) in [5.41, 5.74) is 4.19. The van der Waals surface area contributed by atoms with Crippen molar-refractivity contribution in [1.29, 1.82) is 0 Å². The van der Waals surface area contributed by atoms with Gasteiger partial charge in [0.05, 0.1) is 5.02 Å². The highest BCUT2D eigenvalue weighted by Crippen LogP contribution is 2.37. The lowest BCUT2D eigenvalue weighted by Gasteiger charge is -2.22. The Bertz CT molecular complexity index is 1200. The molecule has 2 N–H and O–H groups in total. The predicted molar refractivity (Wildman–Crippen MR) is 152 cm³/mol. The zero-order chi connectivity index (χ0) is 27.0. The summed E-state index contributed by atoms with van der Waals surface area (Å²) in [6, 6.07) is 15.0. The van der Waals surface area contributed by atoms with Gasteiger partial charge in [0.25, 0.3) is 5.92 Å². The first-order valence-electron chi connectivity index (χ1n) is 12.5. The molecule has 0 radical (unpaired) electrons. The molecule has 196 valence electrons. The Morgan fingerprint density at radius 2 is 1.78 bits per heavy atom. The van der Waals surface area contributed by atoms with Gasteiger partial charge < -0.3 is 15.5 Å². The van der Waals surface area contributed by atoms with E-state index in [0.717, 1.165) is 42.4 Å². The van der Waals surface area contributed by atoms with Crippen molar-refractivity contribution in [3.8, 4) is 0 Å². The van der Waals surface area contributed by atoms with E-state index in [1.807, 2.05) is 43.3 Å². The number of aromatic nitrogens is 1. The fourth-order valence-corrected chi connectivity index (χ4v) is 4.12. The molecule has 0 spiro atoms. The Hall–Kier alpha value is -3.38. The van der Waals surface area contributed by atoms with Crippen LogP contribution < -0.4 is 15.5 Å². The molecule has 1 unspecified atom stereocenters. The van der Waals surface area contributed by atoms with Crippen molar-refractivity contribution in [2.24, 2.45) is 5.92 Å². The number of rotatable bonds is 12. The van der Waals surface area contributed by atoms with Crippen LogP contribution in [0, 0.1) is 5.92 Å². The first kappa shape index (κ1) is 28.2. The Labute approximate surface area is 224 Å². The quantitative estimate of drug-likeness (QED) is 0.248. The molecule has 7 heteroatoms. The van der Waals surface area contributed by atoms with Crippen molar-refractivity contribution in [3.63, 3.8) is 0 Å². The van der Waals surface area contributed by atoms with Gasteiger partial charge in [-0.25, -0.2) is 8.78 Å². The molecular formula is C30H35ClF2N4. The SMILES string of the molecule is C=C(Nc1ccc(N(/C=C\C(C)CC)Cc2ccncc2)cc1)Nc1cc(C(C)(F)F)c(Cl)cc1CC. The van der Waals surface area contributed by atoms with Gasteiger partial charge in [0.2, 0.25) is 0 Å².